The fourth-order valence-corrected chi connectivity index (χ4v) is 2.78. The number of likely N-dealkylation sites (N-methyl/N-ethyl adjacent to an activating group) is 1. The topological polar surface area (TPSA) is 61.3 Å². The fraction of sp³-hybridized carbons (Fsp3) is 0.375. The smallest absolute Gasteiger partial charge is 0.142 e. The van der Waals surface area contributed by atoms with Gasteiger partial charge in [-0.3, -0.25) is 0 Å². The van der Waals surface area contributed by atoms with E-state index in [2.05, 4.69) is 20.2 Å². The van der Waals surface area contributed by atoms with Crippen molar-refractivity contribution in [2.45, 2.75) is 19.1 Å². The third kappa shape index (κ3) is 3.60. The first-order valence-corrected chi connectivity index (χ1v) is 7.80. The molecule has 5 nitrogen and oxygen atoms in total. The van der Waals surface area contributed by atoms with Crippen LogP contribution >= 0.6 is 11.6 Å². The Balaban J connectivity index is 1.72. The van der Waals surface area contributed by atoms with E-state index in [1.807, 2.05) is 7.05 Å². The van der Waals surface area contributed by atoms with Gasteiger partial charge >= 0.3 is 0 Å². The van der Waals surface area contributed by atoms with Gasteiger partial charge in [0.05, 0.1) is 16.8 Å². The number of aliphatic hydroxyl groups is 1. The lowest BCUT2D eigenvalue weighted by Gasteiger charge is -2.26. The molecular formula is C16H18ClFN4O. The van der Waals surface area contributed by atoms with Crippen LogP contribution in [0.1, 0.15) is 22.9 Å². The van der Waals surface area contributed by atoms with Crippen molar-refractivity contribution in [2.24, 2.45) is 0 Å². The molecule has 23 heavy (non-hydrogen) atoms. The predicted octanol–water partition coefficient (Wildman–Crippen LogP) is 2.40. The number of nitrogens with zero attached hydrogens (tertiary/aromatic N) is 3. The number of hydrogen-bond acceptors (Lipinski definition) is 5. The number of aliphatic hydroxyl groups excluding tert-OH is 1. The standard InChI is InChI=1S/C16H18ClFN4O/c1-22-5-4-14-11(8-22)16(21-9-20-14)19-7-15(23)10-2-3-12(17)13(18)6-10/h2-3,6,9,15,23H,4-5,7-8H2,1H3,(H,19,20,21)/t15-/m0/s1. The monoisotopic (exact) mass is 336 g/mol. The number of nitrogens with one attached hydrogen (secondary N) is 1. The SMILES string of the molecule is CN1CCc2ncnc(NC[C@H](O)c3ccc(Cl)c(F)c3)c2C1. The number of benzene rings is 1. The van der Waals surface area contributed by atoms with Crippen molar-refractivity contribution in [3.05, 3.63) is 52.2 Å². The van der Waals surface area contributed by atoms with Crippen molar-refractivity contribution >= 4 is 17.4 Å². The molecule has 1 aliphatic heterocycles. The molecule has 1 atom stereocenters. The van der Waals surface area contributed by atoms with Crippen LogP contribution in [0.3, 0.4) is 0 Å². The van der Waals surface area contributed by atoms with Crippen LogP contribution in [0.4, 0.5) is 10.2 Å². The second-order valence-corrected chi connectivity index (χ2v) is 6.11. The third-order valence-electron chi connectivity index (χ3n) is 3.98. The molecule has 1 aliphatic rings. The maximum atomic E-state index is 13.5. The first-order chi connectivity index (χ1) is 11.0. The van der Waals surface area contributed by atoms with Crippen LogP contribution in [0.25, 0.3) is 0 Å². The van der Waals surface area contributed by atoms with Gasteiger partial charge in [0.2, 0.25) is 0 Å². The maximum absolute atomic E-state index is 13.5. The first-order valence-electron chi connectivity index (χ1n) is 7.43. The van der Waals surface area contributed by atoms with E-state index in [0.29, 0.717) is 5.56 Å². The lowest BCUT2D eigenvalue weighted by molar-refractivity contribution is 0.191. The molecule has 0 aliphatic carbocycles. The Hall–Kier alpha value is -1.76. The lowest BCUT2D eigenvalue weighted by atomic mass is 10.1. The van der Waals surface area contributed by atoms with Gasteiger partial charge in [-0.05, 0) is 24.7 Å². The summed E-state index contributed by atoms with van der Waals surface area (Å²) in [5, 5.41) is 13.4. The number of rotatable bonds is 4. The molecule has 7 heteroatoms. The molecule has 0 amide bonds. The van der Waals surface area contributed by atoms with Crippen LogP contribution in [0.2, 0.25) is 5.02 Å². The van der Waals surface area contributed by atoms with Crippen molar-refractivity contribution < 1.29 is 9.50 Å². The summed E-state index contributed by atoms with van der Waals surface area (Å²) in [6, 6.07) is 4.30. The summed E-state index contributed by atoms with van der Waals surface area (Å²) in [7, 11) is 2.05. The zero-order valence-electron chi connectivity index (χ0n) is 12.8. The van der Waals surface area contributed by atoms with Crippen LogP contribution in [-0.4, -0.2) is 40.1 Å². The Labute approximate surface area is 139 Å². The highest BCUT2D eigenvalue weighted by atomic mass is 35.5. The highest BCUT2D eigenvalue weighted by Crippen LogP contribution is 2.24. The van der Waals surface area contributed by atoms with Crippen molar-refractivity contribution in [3.63, 3.8) is 0 Å². The van der Waals surface area contributed by atoms with E-state index in [0.717, 1.165) is 36.6 Å². The molecule has 0 unspecified atom stereocenters. The van der Waals surface area contributed by atoms with Crippen LogP contribution < -0.4 is 5.32 Å². The van der Waals surface area contributed by atoms with Crippen molar-refractivity contribution in [1.29, 1.82) is 0 Å². The Morgan fingerprint density at radius 1 is 1.43 bits per heavy atom. The van der Waals surface area contributed by atoms with Crippen LogP contribution in [0.15, 0.2) is 24.5 Å². The Morgan fingerprint density at radius 2 is 2.26 bits per heavy atom. The van der Waals surface area contributed by atoms with Gasteiger partial charge in [0.15, 0.2) is 0 Å². The van der Waals surface area contributed by atoms with Gasteiger partial charge in [-0.2, -0.15) is 0 Å². The summed E-state index contributed by atoms with van der Waals surface area (Å²) >= 11 is 5.66. The number of fused-ring (bicyclic) bond motifs is 1. The van der Waals surface area contributed by atoms with Gasteiger partial charge < -0.3 is 15.3 Å². The van der Waals surface area contributed by atoms with E-state index >= 15 is 0 Å². The summed E-state index contributed by atoms with van der Waals surface area (Å²) < 4.78 is 13.5. The van der Waals surface area contributed by atoms with Gasteiger partial charge in [0, 0.05) is 31.6 Å². The highest BCUT2D eigenvalue weighted by Gasteiger charge is 2.19. The Kier molecular flexibility index (Phi) is 4.75. The molecule has 2 aromatic rings. The zero-order chi connectivity index (χ0) is 16.4. The number of aromatic nitrogens is 2. The van der Waals surface area contributed by atoms with E-state index in [-0.39, 0.29) is 11.6 Å². The van der Waals surface area contributed by atoms with E-state index < -0.39 is 11.9 Å². The van der Waals surface area contributed by atoms with E-state index in [1.54, 1.807) is 6.07 Å². The summed E-state index contributed by atoms with van der Waals surface area (Å²) in [4.78, 5) is 10.8. The van der Waals surface area contributed by atoms with Crippen molar-refractivity contribution in [2.75, 3.05) is 25.5 Å². The maximum Gasteiger partial charge on any atom is 0.142 e. The molecule has 0 spiro atoms. The summed E-state index contributed by atoms with van der Waals surface area (Å²) in [6.07, 6.45) is 1.56. The molecule has 3 rings (SSSR count). The molecule has 2 heterocycles. The Bertz CT molecular complexity index is 712. The van der Waals surface area contributed by atoms with Crippen molar-refractivity contribution in [3.8, 4) is 0 Å². The molecule has 2 N–H and O–H groups in total. The first kappa shape index (κ1) is 16.1. The third-order valence-corrected chi connectivity index (χ3v) is 4.29. The zero-order valence-corrected chi connectivity index (χ0v) is 13.5. The number of hydrogen-bond donors (Lipinski definition) is 2. The predicted molar refractivity (Wildman–Crippen MR) is 86.9 cm³/mol. The average molecular weight is 337 g/mol. The normalized spacial score (nSPS) is 16.0. The van der Waals surface area contributed by atoms with Crippen LogP contribution in [0, 0.1) is 5.82 Å². The molecular weight excluding hydrogens is 319 g/mol. The second kappa shape index (κ2) is 6.78. The van der Waals surface area contributed by atoms with Crippen LogP contribution in [0.5, 0.6) is 0 Å². The van der Waals surface area contributed by atoms with E-state index in [1.165, 1.54) is 18.5 Å². The molecule has 122 valence electrons. The molecule has 0 fully saturated rings. The van der Waals surface area contributed by atoms with Gasteiger partial charge in [-0.1, -0.05) is 17.7 Å². The van der Waals surface area contributed by atoms with Gasteiger partial charge in [0.1, 0.15) is 18.0 Å². The summed E-state index contributed by atoms with van der Waals surface area (Å²) in [6.45, 7) is 1.97. The number of anilines is 1. The van der Waals surface area contributed by atoms with E-state index in [4.69, 9.17) is 11.6 Å². The largest absolute Gasteiger partial charge is 0.387 e. The minimum absolute atomic E-state index is 0.0433. The van der Waals surface area contributed by atoms with Gasteiger partial charge in [0.25, 0.3) is 0 Å². The molecule has 1 aromatic heterocycles. The molecule has 0 saturated heterocycles. The van der Waals surface area contributed by atoms with Crippen LogP contribution in [-0.2, 0) is 13.0 Å². The fourth-order valence-electron chi connectivity index (χ4n) is 2.66. The highest BCUT2D eigenvalue weighted by molar-refractivity contribution is 6.30. The molecule has 0 bridgehead atoms. The Morgan fingerprint density at radius 3 is 3.04 bits per heavy atom. The van der Waals surface area contributed by atoms with Gasteiger partial charge in [-0.25, -0.2) is 14.4 Å². The average Bonchev–Trinajstić information content (AvgIpc) is 2.55. The molecule has 1 aromatic carbocycles. The quantitative estimate of drug-likeness (QED) is 0.897. The summed E-state index contributed by atoms with van der Waals surface area (Å²) in [5.74, 6) is 0.180. The van der Waals surface area contributed by atoms with Gasteiger partial charge in [-0.15, -0.1) is 0 Å². The molecule has 0 saturated carbocycles. The minimum atomic E-state index is -0.853. The minimum Gasteiger partial charge on any atom is -0.387 e. The summed E-state index contributed by atoms with van der Waals surface area (Å²) in [5.41, 5.74) is 2.56. The second-order valence-electron chi connectivity index (χ2n) is 5.71. The van der Waals surface area contributed by atoms with E-state index in [9.17, 15) is 9.50 Å². The number of halogens is 2. The van der Waals surface area contributed by atoms with Crippen molar-refractivity contribution in [1.82, 2.24) is 14.9 Å². The molecule has 0 radical (unpaired) electrons. The lowest BCUT2D eigenvalue weighted by Crippen LogP contribution is -2.29.